The van der Waals surface area contributed by atoms with E-state index in [1.54, 1.807) is 18.5 Å². The fourth-order valence-corrected chi connectivity index (χ4v) is 1.01. The van der Waals surface area contributed by atoms with Crippen LogP contribution in [-0.4, -0.2) is 15.8 Å². The summed E-state index contributed by atoms with van der Waals surface area (Å²) in [5.41, 5.74) is 0. The molecule has 0 unspecified atom stereocenters. The topological polar surface area (TPSA) is 42.9 Å². The molecule has 1 atom stereocenters. The van der Waals surface area contributed by atoms with Gasteiger partial charge in [-0.25, -0.2) is 9.97 Å². The predicted molar refractivity (Wildman–Crippen MR) is 50.3 cm³/mol. The van der Waals surface area contributed by atoms with E-state index in [4.69, 9.17) is 0 Å². The molecule has 3 heteroatoms. The number of hydrogen-bond acceptors (Lipinski definition) is 3. The van der Waals surface area contributed by atoms with Crippen LogP contribution in [-0.2, 0) is 0 Å². The fourth-order valence-electron chi connectivity index (χ4n) is 1.01. The Morgan fingerprint density at radius 2 is 2.08 bits per heavy atom. The summed E-state index contributed by atoms with van der Waals surface area (Å²) in [4.78, 5) is 19.3. The Morgan fingerprint density at radius 1 is 1.46 bits per heavy atom. The van der Waals surface area contributed by atoms with Gasteiger partial charge in [0, 0.05) is 18.3 Å². The van der Waals surface area contributed by atoms with Crippen molar-refractivity contribution >= 4 is 5.78 Å². The lowest BCUT2D eigenvalue weighted by Crippen LogP contribution is -2.12. The Balaban J connectivity index is 2.80. The van der Waals surface area contributed by atoms with Crippen LogP contribution in [0.3, 0.4) is 0 Å². The number of Topliss-reactive ketones (excluding diaryl/α,β-unsaturated/α-hetero) is 1. The van der Waals surface area contributed by atoms with Gasteiger partial charge in [0.05, 0.1) is 0 Å². The van der Waals surface area contributed by atoms with Crippen LogP contribution in [0.4, 0.5) is 0 Å². The van der Waals surface area contributed by atoms with Gasteiger partial charge in [-0.2, -0.15) is 0 Å². The highest BCUT2D eigenvalue weighted by Crippen LogP contribution is 2.04. The van der Waals surface area contributed by atoms with Gasteiger partial charge in [-0.15, -0.1) is 0 Å². The van der Waals surface area contributed by atoms with Crippen molar-refractivity contribution in [3.63, 3.8) is 0 Å². The number of hydrogen-bond donors (Lipinski definition) is 0. The molecule has 0 saturated carbocycles. The van der Waals surface area contributed by atoms with Crippen molar-refractivity contribution in [1.29, 1.82) is 0 Å². The number of ketones is 1. The highest BCUT2D eigenvalue weighted by molar-refractivity contribution is 5.95. The van der Waals surface area contributed by atoms with Gasteiger partial charge in [-0.1, -0.05) is 19.1 Å². The molecule has 13 heavy (non-hydrogen) atoms. The van der Waals surface area contributed by atoms with Crippen LogP contribution >= 0.6 is 0 Å². The molecule has 0 aliphatic heterocycles. The van der Waals surface area contributed by atoms with Gasteiger partial charge in [0.15, 0.2) is 5.82 Å². The number of carbonyl (C=O) groups excluding carboxylic acids is 1. The van der Waals surface area contributed by atoms with E-state index in [9.17, 15) is 4.79 Å². The van der Waals surface area contributed by atoms with Gasteiger partial charge in [0.25, 0.3) is 0 Å². The maximum atomic E-state index is 11.6. The molecule has 0 fully saturated rings. The lowest BCUT2D eigenvalue weighted by Gasteiger charge is -2.02. The molecule has 1 aromatic heterocycles. The number of rotatable bonds is 3. The van der Waals surface area contributed by atoms with E-state index in [0.717, 1.165) is 0 Å². The number of nitrogens with zero attached hydrogens (tertiary/aromatic N) is 2. The Kier molecular flexibility index (Phi) is 3.31. The van der Waals surface area contributed by atoms with Crippen molar-refractivity contribution in [2.75, 3.05) is 0 Å². The molecule has 0 spiro atoms. The predicted octanol–water partition coefficient (Wildman–Crippen LogP) is 1.87. The Labute approximate surface area is 77.5 Å². The summed E-state index contributed by atoms with van der Waals surface area (Å²) in [6.07, 6.45) is 6.83. The van der Waals surface area contributed by atoms with E-state index in [-0.39, 0.29) is 17.5 Å². The molecule has 1 aromatic rings. The van der Waals surface area contributed by atoms with Gasteiger partial charge >= 0.3 is 0 Å². The maximum absolute atomic E-state index is 11.6. The Hall–Kier alpha value is -1.51. The summed E-state index contributed by atoms with van der Waals surface area (Å²) in [5.74, 6) is 0.0965. The standard InChI is InChI=1S/C10H12N2O/c1-3-5-8(2)9(13)10-11-6-4-7-12-10/h3-8H,1-2H3/b5-3+/t8-/m0/s1. The van der Waals surface area contributed by atoms with Crippen LogP contribution in [0.2, 0.25) is 0 Å². The maximum Gasteiger partial charge on any atom is 0.206 e. The van der Waals surface area contributed by atoms with Crippen LogP contribution < -0.4 is 0 Å². The Morgan fingerprint density at radius 3 is 2.62 bits per heavy atom. The first-order chi connectivity index (χ1) is 6.25. The average Bonchev–Trinajstić information content (AvgIpc) is 2.18. The first-order valence-corrected chi connectivity index (χ1v) is 4.19. The van der Waals surface area contributed by atoms with E-state index in [1.165, 1.54) is 0 Å². The van der Waals surface area contributed by atoms with Crippen molar-refractivity contribution in [1.82, 2.24) is 9.97 Å². The molecule has 0 amide bonds. The molecule has 1 heterocycles. The zero-order valence-corrected chi connectivity index (χ0v) is 7.77. The molecule has 3 nitrogen and oxygen atoms in total. The van der Waals surface area contributed by atoms with Crippen LogP contribution in [0, 0.1) is 5.92 Å². The SMILES string of the molecule is C/C=C/[C@H](C)C(=O)c1ncccn1. The molecule has 0 radical (unpaired) electrons. The minimum atomic E-state index is -0.146. The van der Waals surface area contributed by atoms with E-state index < -0.39 is 0 Å². The fraction of sp³-hybridized carbons (Fsp3) is 0.300. The lowest BCUT2D eigenvalue weighted by atomic mass is 10.1. The highest BCUT2D eigenvalue weighted by Gasteiger charge is 2.13. The van der Waals surface area contributed by atoms with E-state index in [1.807, 2.05) is 26.0 Å². The second-order valence-corrected chi connectivity index (χ2v) is 2.75. The van der Waals surface area contributed by atoms with Gasteiger partial charge in [-0.05, 0) is 13.0 Å². The normalized spacial score (nSPS) is 13.1. The number of carbonyl (C=O) groups is 1. The van der Waals surface area contributed by atoms with Crippen LogP contribution in [0.1, 0.15) is 24.5 Å². The average molecular weight is 176 g/mol. The van der Waals surface area contributed by atoms with E-state index in [2.05, 4.69) is 9.97 Å². The summed E-state index contributed by atoms with van der Waals surface area (Å²) < 4.78 is 0. The number of allylic oxidation sites excluding steroid dienone is 2. The first-order valence-electron chi connectivity index (χ1n) is 4.19. The van der Waals surface area contributed by atoms with Gasteiger partial charge in [0.1, 0.15) is 0 Å². The second-order valence-electron chi connectivity index (χ2n) is 2.75. The zero-order valence-electron chi connectivity index (χ0n) is 7.77. The summed E-state index contributed by atoms with van der Waals surface area (Å²) in [6.45, 7) is 3.72. The zero-order chi connectivity index (χ0) is 9.68. The molecule has 0 aliphatic rings. The van der Waals surface area contributed by atoms with Crippen LogP contribution in [0.25, 0.3) is 0 Å². The van der Waals surface area contributed by atoms with Gasteiger partial charge in [0.2, 0.25) is 5.78 Å². The second kappa shape index (κ2) is 4.50. The van der Waals surface area contributed by atoms with Crippen molar-refractivity contribution in [2.24, 2.45) is 5.92 Å². The molecule has 0 bridgehead atoms. The third-order valence-corrected chi connectivity index (χ3v) is 1.68. The van der Waals surface area contributed by atoms with Crippen molar-refractivity contribution < 1.29 is 4.79 Å². The van der Waals surface area contributed by atoms with Crippen LogP contribution in [0.5, 0.6) is 0 Å². The molecule has 0 saturated heterocycles. The largest absolute Gasteiger partial charge is 0.290 e. The van der Waals surface area contributed by atoms with Crippen LogP contribution in [0.15, 0.2) is 30.6 Å². The molecule has 0 aromatic carbocycles. The summed E-state index contributed by atoms with van der Waals surface area (Å²) in [5, 5.41) is 0. The molecule has 1 rings (SSSR count). The van der Waals surface area contributed by atoms with E-state index >= 15 is 0 Å². The molecular formula is C10H12N2O. The van der Waals surface area contributed by atoms with Gasteiger partial charge < -0.3 is 0 Å². The van der Waals surface area contributed by atoms with Crippen molar-refractivity contribution in [3.8, 4) is 0 Å². The summed E-state index contributed by atoms with van der Waals surface area (Å²) in [7, 11) is 0. The lowest BCUT2D eigenvalue weighted by molar-refractivity contribution is 0.0942. The van der Waals surface area contributed by atoms with Gasteiger partial charge in [-0.3, -0.25) is 4.79 Å². The summed E-state index contributed by atoms with van der Waals surface area (Å²) >= 11 is 0. The minimum Gasteiger partial charge on any atom is -0.290 e. The highest BCUT2D eigenvalue weighted by atomic mass is 16.1. The van der Waals surface area contributed by atoms with E-state index in [0.29, 0.717) is 0 Å². The Bertz CT molecular complexity index is 306. The third kappa shape index (κ3) is 2.47. The monoisotopic (exact) mass is 176 g/mol. The first kappa shape index (κ1) is 9.58. The molecule has 0 aliphatic carbocycles. The smallest absolute Gasteiger partial charge is 0.206 e. The number of aromatic nitrogens is 2. The third-order valence-electron chi connectivity index (χ3n) is 1.68. The summed E-state index contributed by atoms with van der Waals surface area (Å²) in [6, 6.07) is 1.69. The molecule has 68 valence electrons. The molecule has 0 N–H and O–H groups in total. The minimum absolute atomic E-state index is 0.0429. The quantitative estimate of drug-likeness (QED) is 0.521. The van der Waals surface area contributed by atoms with Crippen molar-refractivity contribution in [2.45, 2.75) is 13.8 Å². The van der Waals surface area contributed by atoms with Crippen molar-refractivity contribution in [3.05, 3.63) is 36.4 Å². The molecular weight excluding hydrogens is 164 g/mol.